The molecule has 33 heavy (non-hydrogen) atoms. The van der Waals surface area contributed by atoms with Gasteiger partial charge in [0.25, 0.3) is 0 Å². The minimum absolute atomic E-state index is 0. The first kappa shape index (κ1) is 25.5. The number of benzene rings is 1. The molecule has 2 aliphatic rings. The third-order valence-corrected chi connectivity index (χ3v) is 6.55. The fourth-order valence-corrected chi connectivity index (χ4v) is 4.76. The average molecular weight is 565 g/mol. The van der Waals surface area contributed by atoms with E-state index in [0.29, 0.717) is 12.5 Å². The SMILES string of the molecule is CCNC(=NCc1nccn1CCc1ccccc1)NC1CCN(C(=O)C2CCCC2)C1.I. The summed E-state index contributed by atoms with van der Waals surface area (Å²) in [5.41, 5.74) is 1.32. The lowest BCUT2D eigenvalue weighted by molar-refractivity contribution is -0.134. The van der Waals surface area contributed by atoms with Crippen molar-refractivity contribution in [1.82, 2.24) is 25.1 Å². The molecule has 180 valence electrons. The van der Waals surface area contributed by atoms with E-state index in [0.717, 1.165) is 63.6 Å². The first-order chi connectivity index (χ1) is 15.7. The fourth-order valence-electron chi connectivity index (χ4n) is 4.76. The molecule has 1 amide bonds. The number of rotatable bonds is 8. The first-order valence-corrected chi connectivity index (χ1v) is 12.1. The van der Waals surface area contributed by atoms with Crippen molar-refractivity contribution in [3.05, 3.63) is 54.1 Å². The van der Waals surface area contributed by atoms with Crippen molar-refractivity contribution in [2.24, 2.45) is 10.9 Å². The van der Waals surface area contributed by atoms with Crippen molar-refractivity contribution in [2.75, 3.05) is 19.6 Å². The van der Waals surface area contributed by atoms with E-state index in [1.165, 1.54) is 18.4 Å². The second kappa shape index (κ2) is 13.0. The first-order valence-electron chi connectivity index (χ1n) is 12.1. The largest absolute Gasteiger partial charge is 0.357 e. The van der Waals surface area contributed by atoms with Gasteiger partial charge in [-0.1, -0.05) is 43.2 Å². The second-order valence-electron chi connectivity index (χ2n) is 8.86. The summed E-state index contributed by atoms with van der Waals surface area (Å²) in [6, 6.07) is 10.8. The highest BCUT2D eigenvalue weighted by atomic mass is 127. The lowest BCUT2D eigenvalue weighted by Gasteiger charge is -2.21. The average Bonchev–Trinajstić information content (AvgIpc) is 3.59. The number of aromatic nitrogens is 2. The Hall–Kier alpha value is -2.10. The van der Waals surface area contributed by atoms with Crippen molar-refractivity contribution < 1.29 is 4.79 Å². The zero-order chi connectivity index (χ0) is 22.2. The van der Waals surface area contributed by atoms with Crippen LogP contribution in [0.25, 0.3) is 0 Å². The lowest BCUT2D eigenvalue weighted by atomic mass is 10.1. The summed E-state index contributed by atoms with van der Waals surface area (Å²) in [4.78, 5) is 24.1. The van der Waals surface area contributed by atoms with Gasteiger partial charge in [-0.05, 0) is 38.2 Å². The molecule has 2 aromatic rings. The zero-order valence-electron chi connectivity index (χ0n) is 19.6. The molecule has 1 unspecified atom stereocenters. The molecular weight excluding hydrogens is 527 g/mol. The molecule has 8 heteroatoms. The van der Waals surface area contributed by atoms with E-state index >= 15 is 0 Å². The number of carbonyl (C=O) groups excluding carboxylic acids is 1. The summed E-state index contributed by atoms with van der Waals surface area (Å²) >= 11 is 0. The van der Waals surface area contributed by atoms with Gasteiger partial charge in [0, 0.05) is 50.5 Å². The molecule has 1 atom stereocenters. The molecule has 1 aliphatic carbocycles. The highest BCUT2D eigenvalue weighted by Gasteiger charge is 2.32. The van der Waals surface area contributed by atoms with E-state index in [9.17, 15) is 4.79 Å². The van der Waals surface area contributed by atoms with Crippen molar-refractivity contribution in [2.45, 2.75) is 64.6 Å². The lowest BCUT2D eigenvalue weighted by Crippen LogP contribution is -2.45. The highest BCUT2D eigenvalue weighted by Crippen LogP contribution is 2.27. The van der Waals surface area contributed by atoms with Gasteiger partial charge in [-0.2, -0.15) is 0 Å². The number of guanidine groups is 1. The van der Waals surface area contributed by atoms with Gasteiger partial charge in [-0.25, -0.2) is 9.98 Å². The number of nitrogens with zero attached hydrogens (tertiary/aromatic N) is 4. The minimum Gasteiger partial charge on any atom is -0.357 e. The normalized spacial score (nSPS) is 18.9. The van der Waals surface area contributed by atoms with Crippen LogP contribution < -0.4 is 10.6 Å². The maximum absolute atomic E-state index is 12.7. The molecular formula is C25H37IN6O. The molecule has 0 bridgehead atoms. The molecule has 7 nitrogen and oxygen atoms in total. The predicted octanol–water partition coefficient (Wildman–Crippen LogP) is 3.59. The fraction of sp³-hybridized carbons (Fsp3) is 0.560. The Morgan fingerprint density at radius 1 is 1.18 bits per heavy atom. The molecule has 2 fully saturated rings. The van der Waals surface area contributed by atoms with Crippen LogP contribution in [0.4, 0.5) is 0 Å². The number of hydrogen-bond acceptors (Lipinski definition) is 3. The van der Waals surface area contributed by atoms with Crippen LogP contribution in [0.3, 0.4) is 0 Å². The Morgan fingerprint density at radius 3 is 2.73 bits per heavy atom. The van der Waals surface area contributed by atoms with Crippen LogP contribution >= 0.6 is 24.0 Å². The van der Waals surface area contributed by atoms with E-state index in [1.54, 1.807) is 0 Å². The number of imidazole rings is 1. The quantitative estimate of drug-likeness (QED) is 0.292. The van der Waals surface area contributed by atoms with Crippen LogP contribution in [0.1, 0.15) is 50.4 Å². The van der Waals surface area contributed by atoms with E-state index < -0.39 is 0 Å². The van der Waals surface area contributed by atoms with E-state index in [1.807, 2.05) is 23.4 Å². The molecule has 1 saturated heterocycles. The van der Waals surface area contributed by atoms with Crippen LogP contribution in [-0.4, -0.2) is 52.0 Å². The Morgan fingerprint density at radius 2 is 1.97 bits per heavy atom. The summed E-state index contributed by atoms with van der Waals surface area (Å²) < 4.78 is 2.18. The van der Waals surface area contributed by atoms with Crippen LogP contribution in [-0.2, 0) is 24.3 Å². The molecule has 4 rings (SSSR count). The van der Waals surface area contributed by atoms with Gasteiger partial charge >= 0.3 is 0 Å². The smallest absolute Gasteiger partial charge is 0.225 e. The summed E-state index contributed by atoms with van der Waals surface area (Å²) in [6.45, 7) is 5.89. The van der Waals surface area contributed by atoms with Crippen LogP contribution in [0.5, 0.6) is 0 Å². The minimum atomic E-state index is 0. The van der Waals surface area contributed by atoms with Crippen molar-refractivity contribution in [3.63, 3.8) is 0 Å². The summed E-state index contributed by atoms with van der Waals surface area (Å²) in [5.74, 6) is 2.37. The van der Waals surface area contributed by atoms with Crippen LogP contribution in [0.15, 0.2) is 47.7 Å². The molecule has 1 saturated carbocycles. The van der Waals surface area contributed by atoms with Crippen molar-refractivity contribution >= 4 is 35.8 Å². The predicted molar refractivity (Wildman–Crippen MR) is 143 cm³/mol. The highest BCUT2D eigenvalue weighted by molar-refractivity contribution is 14.0. The van der Waals surface area contributed by atoms with E-state index in [4.69, 9.17) is 4.99 Å². The second-order valence-corrected chi connectivity index (χ2v) is 8.86. The Balaban J connectivity index is 0.00000306. The number of amides is 1. The van der Waals surface area contributed by atoms with Gasteiger partial charge in [0.2, 0.25) is 5.91 Å². The summed E-state index contributed by atoms with van der Waals surface area (Å²) in [6.07, 6.45) is 10.3. The van der Waals surface area contributed by atoms with Gasteiger partial charge in [0.1, 0.15) is 12.4 Å². The number of aliphatic imine (C=N–C) groups is 1. The van der Waals surface area contributed by atoms with E-state index in [-0.39, 0.29) is 35.9 Å². The third kappa shape index (κ3) is 7.19. The topological polar surface area (TPSA) is 74.6 Å². The molecule has 2 N–H and O–H groups in total. The molecule has 1 aromatic heterocycles. The van der Waals surface area contributed by atoms with Gasteiger partial charge in [-0.3, -0.25) is 4.79 Å². The Kier molecular flexibility index (Phi) is 10.0. The van der Waals surface area contributed by atoms with Gasteiger partial charge in [0.05, 0.1) is 0 Å². The molecule has 0 radical (unpaired) electrons. The maximum Gasteiger partial charge on any atom is 0.225 e. The van der Waals surface area contributed by atoms with Crippen LogP contribution in [0.2, 0.25) is 0 Å². The third-order valence-electron chi connectivity index (χ3n) is 6.55. The molecule has 1 aliphatic heterocycles. The number of carbonyl (C=O) groups is 1. The van der Waals surface area contributed by atoms with Crippen molar-refractivity contribution in [3.8, 4) is 0 Å². The monoisotopic (exact) mass is 564 g/mol. The maximum atomic E-state index is 12.7. The Labute approximate surface area is 214 Å². The summed E-state index contributed by atoms with van der Waals surface area (Å²) in [7, 11) is 0. The Bertz CT molecular complexity index is 893. The number of likely N-dealkylation sites (tertiary alicyclic amines) is 1. The van der Waals surface area contributed by atoms with Crippen LogP contribution in [0, 0.1) is 5.92 Å². The number of nitrogens with one attached hydrogen (secondary N) is 2. The van der Waals surface area contributed by atoms with Gasteiger partial charge in [-0.15, -0.1) is 24.0 Å². The molecule has 1 aromatic carbocycles. The van der Waals surface area contributed by atoms with Crippen molar-refractivity contribution in [1.29, 1.82) is 0 Å². The zero-order valence-corrected chi connectivity index (χ0v) is 21.9. The summed E-state index contributed by atoms with van der Waals surface area (Å²) in [5, 5.41) is 6.89. The van der Waals surface area contributed by atoms with E-state index in [2.05, 4.69) is 51.4 Å². The standard InChI is InChI=1S/C25H36N6O.HI/c1-2-26-25(29-22-13-16-31(19-22)24(32)21-10-6-7-11-21)28-18-23-27-14-17-30(23)15-12-20-8-4-3-5-9-20;/h3-5,8-9,14,17,21-22H,2,6-7,10-13,15-16,18-19H2,1H3,(H2,26,28,29);1H. The van der Waals surface area contributed by atoms with Gasteiger partial charge in [0.15, 0.2) is 5.96 Å². The number of hydrogen-bond donors (Lipinski definition) is 2. The number of aryl methyl sites for hydroxylation is 2. The van der Waals surface area contributed by atoms with Gasteiger partial charge < -0.3 is 20.1 Å². The molecule has 2 heterocycles. The molecule has 0 spiro atoms. The number of halogens is 1.